The van der Waals surface area contributed by atoms with Crippen molar-refractivity contribution >= 4 is 11.7 Å². The fraction of sp³-hybridized carbons (Fsp3) is 0.478. The summed E-state index contributed by atoms with van der Waals surface area (Å²) in [6.07, 6.45) is 9.18. The highest BCUT2D eigenvalue weighted by Gasteiger charge is 2.23. The van der Waals surface area contributed by atoms with Gasteiger partial charge in [-0.3, -0.25) is 0 Å². The predicted molar refractivity (Wildman–Crippen MR) is 111 cm³/mol. The number of carbonyl (C=O) groups is 1. The zero-order chi connectivity index (χ0) is 20.1. The molecule has 0 amide bonds. The van der Waals surface area contributed by atoms with E-state index in [1.165, 1.54) is 5.56 Å². The Kier molecular flexibility index (Phi) is 6.53. The molecule has 1 aromatic rings. The van der Waals surface area contributed by atoms with Gasteiger partial charge in [0.1, 0.15) is 6.07 Å². The summed E-state index contributed by atoms with van der Waals surface area (Å²) in [5.74, 6) is 0.234. The molecule has 5 heteroatoms. The average molecular weight is 380 g/mol. The van der Waals surface area contributed by atoms with Crippen LogP contribution in [-0.2, 0) is 22.4 Å². The molecule has 0 saturated carbocycles. The number of carbonyl (C=O) groups excluding carboxylic acids is 1. The highest BCUT2D eigenvalue weighted by atomic mass is 16.5. The maximum absolute atomic E-state index is 12.1. The molecule has 148 valence electrons. The number of rotatable bonds is 7. The second-order valence-corrected chi connectivity index (χ2v) is 7.90. The topological polar surface area (TPSA) is 79.3 Å². The molecule has 3 rings (SSSR count). The lowest BCUT2D eigenvalue weighted by atomic mass is 9.99. The van der Waals surface area contributed by atoms with Crippen LogP contribution in [0.5, 0.6) is 0 Å². The van der Waals surface area contributed by atoms with Crippen molar-refractivity contribution in [3.63, 3.8) is 0 Å². The third kappa shape index (κ3) is 4.82. The molecule has 1 aliphatic heterocycles. The van der Waals surface area contributed by atoms with Gasteiger partial charge in [0.2, 0.25) is 0 Å². The minimum absolute atomic E-state index is 0.0779. The SMILES string of the molecule is CC1C=CC(C(=O)OCCCN2CCc3cc(C[C@@H](C)N)cc(C#N)c32)=CC1. The quantitative estimate of drug-likeness (QED) is 0.581. The maximum atomic E-state index is 12.1. The summed E-state index contributed by atoms with van der Waals surface area (Å²) in [5.41, 5.74) is 10.7. The van der Waals surface area contributed by atoms with Crippen molar-refractivity contribution < 1.29 is 9.53 Å². The molecule has 0 saturated heterocycles. The van der Waals surface area contributed by atoms with Crippen LogP contribution in [0.1, 0.15) is 43.4 Å². The van der Waals surface area contributed by atoms with Gasteiger partial charge in [-0.05, 0) is 55.7 Å². The van der Waals surface area contributed by atoms with Gasteiger partial charge in [0.15, 0.2) is 0 Å². The monoisotopic (exact) mass is 379 g/mol. The molecule has 1 aromatic carbocycles. The van der Waals surface area contributed by atoms with E-state index in [0.717, 1.165) is 50.0 Å². The second kappa shape index (κ2) is 9.07. The molecule has 2 aliphatic rings. The van der Waals surface area contributed by atoms with Crippen LogP contribution < -0.4 is 10.6 Å². The summed E-state index contributed by atoms with van der Waals surface area (Å²) in [7, 11) is 0. The first-order chi connectivity index (χ1) is 13.5. The van der Waals surface area contributed by atoms with E-state index >= 15 is 0 Å². The number of fused-ring (bicyclic) bond motifs is 1. The van der Waals surface area contributed by atoms with Crippen LogP contribution in [0.25, 0.3) is 0 Å². The van der Waals surface area contributed by atoms with Crippen molar-refractivity contribution in [2.24, 2.45) is 11.7 Å². The van der Waals surface area contributed by atoms with Crippen molar-refractivity contribution in [2.45, 2.75) is 45.6 Å². The smallest absolute Gasteiger partial charge is 0.337 e. The summed E-state index contributed by atoms with van der Waals surface area (Å²) in [6.45, 7) is 6.15. The Labute approximate surface area is 167 Å². The van der Waals surface area contributed by atoms with Crippen LogP contribution in [-0.4, -0.2) is 31.7 Å². The van der Waals surface area contributed by atoms with Gasteiger partial charge in [0, 0.05) is 19.1 Å². The number of anilines is 1. The summed E-state index contributed by atoms with van der Waals surface area (Å²) >= 11 is 0. The zero-order valence-electron chi connectivity index (χ0n) is 16.8. The Hall–Kier alpha value is -2.58. The van der Waals surface area contributed by atoms with Crippen LogP contribution in [0.4, 0.5) is 5.69 Å². The Morgan fingerprint density at radius 3 is 2.96 bits per heavy atom. The van der Waals surface area contributed by atoms with E-state index in [2.05, 4.69) is 24.0 Å². The normalized spacial score (nSPS) is 19.0. The third-order valence-electron chi connectivity index (χ3n) is 5.25. The van der Waals surface area contributed by atoms with Gasteiger partial charge in [-0.1, -0.05) is 31.2 Å². The molecule has 0 bridgehead atoms. The van der Waals surface area contributed by atoms with E-state index in [1.54, 1.807) is 0 Å². The predicted octanol–water partition coefficient (Wildman–Crippen LogP) is 3.27. The Bertz CT molecular complexity index is 833. The molecule has 5 nitrogen and oxygen atoms in total. The number of nitriles is 1. The van der Waals surface area contributed by atoms with Gasteiger partial charge in [0.05, 0.1) is 23.4 Å². The lowest BCUT2D eigenvalue weighted by molar-refractivity contribution is -0.138. The molecular formula is C23H29N3O2. The van der Waals surface area contributed by atoms with Gasteiger partial charge in [0.25, 0.3) is 0 Å². The summed E-state index contributed by atoms with van der Waals surface area (Å²) in [4.78, 5) is 14.4. The number of hydrogen-bond donors (Lipinski definition) is 1. The van der Waals surface area contributed by atoms with E-state index in [-0.39, 0.29) is 12.0 Å². The largest absolute Gasteiger partial charge is 0.462 e. The van der Waals surface area contributed by atoms with Crippen molar-refractivity contribution in [2.75, 3.05) is 24.6 Å². The molecule has 2 atom stereocenters. The molecule has 1 aliphatic carbocycles. The van der Waals surface area contributed by atoms with Crippen LogP contribution in [0.2, 0.25) is 0 Å². The van der Waals surface area contributed by atoms with Gasteiger partial charge in [-0.2, -0.15) is 5.26 Å². The number of nitrogens with two attached hydrogens (primary N) is 1. The van der Waals surface area contributed by atoms with Crippen molar-refractivity contribution in [1.29, 1.82) is 5.26 Å². The van der Waals surface area contributed by atoms with E-state index in [0.29, 0.717) is 23.7 Å². The first kappa shape index (κ1) is 20.2. The van der Waals surface area contributed by atoms with Crippen molar-refractivity contribution in [1.82, 2.24) is 0 Å². The van der Waals surface area contributed by atoms with Gasteiger partial charge in [-0.15, -0.1) is 0 Å². The highest BCUT2D eigenvalue weighted by Crippen LogP contribution is 2.33. The standard InChI is InChI=1S/C23H29N3O2/c1-16-4-6-19(7-5-16)23(27)28-11-3-9-26-10-8-20-13-18(12-17(2)25)14-21(15-24)22(20)26/h4,6-7,13-14,16-17H,3,5,8-12,25H2,1-2H3/t16?,17-/m1/s1. The minimum Gasteiger partial charge on any atom is -0.462 e. The number of allylic oxidation sites excluding steroid dienone is 2. The Morgan fingerprint density at radius 2 is 2.29 bits per heavy atom. The highest BCUT2D eigenvalue weighted by molar-refractivity contribution is 5.91. The number of ether oxygens (including phenoxy) is 1. The lowest BCUT2D eigenvalue weighted by Crippen LogP contribution is -2.24. The molecule has 0 spiro atoms. The average Bonchev–Trinajstić information content (AvgIpc) is 3.07. The number of hydrogen-bond acceptors (Lipinski definition) is 5. The zero-order valence-corrected chi connectivity index (χ0v) is 16.8. The number of benzene rings is 1. The van der Waals surface area contributed by atoms with Crippen molar-refractivity contribution in [3.8, 4) is 6.07 Å². The summed E-state index contributed by atoms with van der Waals surface area (Å²) in [5, 5.41) is 9.60. The molecule has 0 radical (unpaired) electrons. The fourth-order valence-corrected chi connectivity index (χ4v) is 3.87. The summed E-state index contributed by atoms with van der Waals surface area (Å²) < 4.78 is 5.42. The summed E-state index contributed by atoms with van der Waals surface area (Å²) in [6, 6.07) is 6.57. The molecule has 1 heterocycles. The molecule has 0 aromatic heterocycles. The first-order valence-electron chi connectivity index (χ1n) is 10.1. The van der Waals surface area contributed by atoms with E-state index in [1.807, 2.05) is 31.2 Å². The molecular weight excluding hydrogens is 350 g/mol. The van der Waals surface area contributed by atoms with Crippen LogP contribution in [0.15, 0.2) is 35.9 Å². The molecule has 28 heavy (non-hydrogen) atoms. The van der Waals surface area contributed by atoms with Gasteiger partial charge >= 0.3 is 5.97 Å². The van der Waals surface area contributed by atoms with Crippen LogP contribution in [0.3, 0.4) is 0 Å². The van der Waals surface area contributed by atoms with Gasteiger partial charge < -0.3 is 15.4 Å². The van der Waals surface area contributed by atoms with Crippen LogP contribution >= 0.6 is 0 Å². The van der Waals surface area contributed by atoms with E-state index in [4.69, 9.17) is 10.5 Å². The van der Waals surface area contributed by atoms with Gasteiger partial charge in [-0.25, -0.2) is 4.79 Å². The Morgan fingerprint density at radius 1 is 1.46 bits per heavy atom. The van der Waals surface area contributed by atoms with Crippen molar-refractivity contribution in [3.05, 3.63) is 52.6 Å². The van der Waals surface area contributed by atoms with E-state index < -0.39 is 0 Å². The molecule has 2 N–H and O–H groups in total. The number of nitrogens with zero attached hydrogens (tertiary/aromatic N) is 2. The first-order valence-corrected chi connectivity index (χ1v) is 10.1. The van der Waals surface area contributed by atoms with Crippen LogP contribution in [0, 0.1) is 17.2 Å². The molecule has 1 unspecified atom stereocenters. The third-order valence-corrected chi connectivity index (χ3v) is 5.25. The number of esters is 1. The maximum Gasteiger partial charge on any atom is 0.337 e. The molecule has 0 fully saturated rings. The van der Waals surface area contributed by atoms with E-state index in [9.17, 15) is 10.1 Å². The Balaban J connectivity index is 1.54. The lowest BCUT2D eigenvalue weighted by Gasteiger charge is -2.21. The fourth-order valence-electron chi connectivity index (χ4n) is 3.87. The minimum atomic E-state index is -0.247. The second-order valence-electron chi connectivity index (χ2n) is 7.90.